The van der Waals surface area contributed by atoms with Crippen molar-refractivity contribution in [1.82, 2.24) is 5.32 Å². The molecule has 1 heterocycles. The molecule has 5 aliphatic carbocycles. The van der Waals surface area contributed by atoms with Crippen LogP contribution < -0.4 is 5.32 Å². The van der Waals surface area contributed by atoms with Gasteiger partial charge in [0.2, 0.25) is 0 Å². The minimum atomic E-state index is 0.141. The molecular formula is C20H27NOS. The van der Waals surface area contributed by atoms with Crippen molar-refractivity contribution in [3.63, 3.8) is 0 Å². The van der Waals surface area contributed by atoms with Gasteiger partial charge < -0.3 is 5.32 Å². The first-order valence-corrected chi connectivity index (χ1v) is 10.4. The molecule has 0 aliphatic heterocycles. The lowest BCUT2D eigenvalue weighted by atomic mass is 9.53. The van der Waals surface area contributed by atoms with Crippen LogP contribution in [0.4, 0.5) is 0 Å². The van der Waals surface area contributed by atoms with Crippen molar-refractivity contribution in [2.24, 2.45) is 23.7 Å². The Morgan fingerprint density at radius 1 is 1.17 bits per heavy atom. The molecule has 1 amide bonds. The van der Waals surface area contributed by atoms with Crippen molar-refractivity contribution in [3.05, 3.63) is 21.4 Å². The number of nitrogens with one attached hydrogen (secondary N) is 1. The second-order valence-corrected chi connectivity index (χ2v) is 10.0. The largest absolute Gasteiger partial charge is 0.347 e. The van der Waals surface area contributed by atoms with Gasteiger partial charge >= 0.3 is 0 Å². The lowest BCUT2D eigenvalue weighted by Crippen LogP contribution is -2.59. The van der Waals surface area contributed by atoms with E-state index in [0.29, 0.717) is 0 Å². The molecule has 1 aromatic heterocycles. The van der Waals surface area contributed by atoms with Crippen LogP contribution in [-0.2, 0) is 12.8 Å². The Morgan fingerprint density at radius 3 is 2.48 bits per heavy atom. The molecule has 6 rings (SSSR count). The van der Waals surface area contributed by atoms with Gasteiger partial charge in [-0.2, -0.15) is 0 Å². The second-order valence-electron chi connectivity index (χ2n) is 9.05. The summed E-state index contributed by atoms with van der Waals surface area (Å²) in [6.45, 7) is 2.33. The first-order valence-electron chi connectivity index (χ1n) is 9.52. The molecule has 0 aromatic carbocycles. The fraction of sp³-hybridized carbons (Fsp3) is 0.750. The fourth-order valence-electron chi connectivity index (χ4n) is 6.44. The van der Waals surface area contributed by atoms with E-state index >= 15 is 0 Å². The van der Waals surface area contributed by atoms with Gasteiger partial charge in [-0.1, -0.05) is 6.92 Å². The predicted molar refractivity (Wildman–Crippen MR) is 93.9 cm³/mol. The first-order chi connectivity index (χ1) is 11.1. The maximum absolute atomic E-state index is 13.0. The SMILES string of the molecule is C[C@@H]1CCc2c(C(=O)NC34CC5CC(CC(C5)C3)C4)csc2C1. The molecule has 4 bridgehead atoms. The third kappa shape index (κ3) is 2.38. The molecule has 1 atom stereocenters. The van der Waals surface area contributed by atoms with E-state index in [1.54, 1.807) is 0 Å². The summed E-state index contributed by atoms with van der Waals surface area (Å²) in [5, 5.41) is 5.69. The average molecular weight is 330 g/mol. The van der Waals surface area contributed by atoms with Gasteiger partial charge in [0, 0.05) is 15.8 Å². The highest BCUT2D eigenvalue weighted by molar-refractivity contribution is 7.10. The number of carbonyl (C=O) groups excluding carboxylic acids is 1. The van der Waals surface area contributed by atoms with Gasteiger partial charge in [-0.3, -0.25) is 4.79 Å². The molecule has 5 aliphatic rings. The van der Waals surface area contributed by atoms with E-state index in [2.05, 4.69) is 17.6 Å². The molecule has 4 fully saturated rings. The van der Waals surface area contributed by atoms with Crippen molar-refractivity contribution in [2.75, 3.05) is 0 Å². The molecule has 3 heteroatoms. The van der Waals surface area contributed by atoms with E-state index in [1.807, 2.05) is 11.3 Å². The van der Waals surface area contributed by atoms with E-state index in [4.69, 9.17) is 0 Å². The maximum atomic E-state index is 13.0. The Balaban J connectivity index is 1.38. The van der Waals surface area contributed by atoms with Crippen LogP contribution in [0.1, 0.15) is 72.7 Å². The van der Waals surface area contributed by atoms with Crippen LogP contribution in [0.5, 0.6) is 0 Å². The predicted octanol–water partition coefficient (Wildman–Crippen LogP) is 4.57. The molecule has 1 N–H and O–H groups in total. The molecule has 0 unspecified atom stereocenters. The van der Waals surface area contributed by atoms with Gasteiger partial charge in [0.15, 0.2) is 0 Å². The molecule has 23 heavy (non-hydrogen) atoms. The summed E-state index contributed by atoms with van der Waals surface area (Å²) < 4.78 is 0. The topological polar surface area (TPSA) is 29.1 Å². The third-order valence-corrected chi connectivity index (χ3v) is 8.11. The minimum absolute atomic E-state index is 0.141. The lowest BCUT2D eigenvalue weighted by molar-refractivity contribution is -0.0167. The van der Waals surface area contributed by atoms with Gasteiger partial charge in [-0.05, 0) is 87.0 Å². The lowest BCUT2D eigenvalue weighted by Gasteiger charge is -2.56. The van der Waals surface area contributed by atoms with Crippen LogP contribution in [0.3, 0.4) is 0 Å². The zero-order valence-electron chi connectivity index (χ0n) is 14.1. The monoisotopic (exact) mass is 329 g/mol. The van der Waals surface area contributed by atoms with E-state index < -0.39 is 0 Å². The molecule has 4 saturated carbocycles. The zero-order chi connectivity index (χ0) is 15.6. The number of hydrogen-bond acceptors (Lipinski definition) is 2. The van der Waals surface area contributed by atoms with E-state index in [0.717, 1.165) is 35.7 Å². The summed E-state index contributed by atoms with van der Waals surface area (Å²) in [4.78, 5) is 14.5. The van der Waals surface area contributed by atoms with Crippen LogP contribution in [0.2, 0.25) is 0 Å². The minimum Gasteiger partial charge on any atom is -0.347 e. The van der Waals surface area contributed by atoms with Crippen molar-refractivity contribution >= 4 is 17.2 Å². The summed E-state index contributed by atoms with van der Waals surface area (Å²) in [6.07, 6.45) is 11.5. The summed E-state index contributed by atoms with van der Waals surface area (Å²) in [6, 6.07) is 0. The van der Waals surface area contributed by atoms with Crippen molar-refractivity contribution in [3.8, 4) is 0 Å². The van der Waals surface area contributed by atoms with Crippen molar-refractivity contribution in [1.29, 1.82) is 0 Å². The Morgan fingerprint density at radius 2 is 1.83 bits per heavy atom. The van der Waals surface area contributed by atoms with Crippen molar-refractivity contribution < 1.29 is 4.79 Å². The summed E-state index contributed by atoms with van der Waals surface area (Å²) >= 11 is 1.82. The zero-order valence-corrected chi connectivity index (χ0v) is 14.9. The van der Waals surface area contributed by atoms with Crippen LogP contribution in [-0.4, -0.2) is 11.4 Å². The Hall–Kier alpha value is -0.830. The first kappa shape index (κ1) is 14.5. The highest BCUT2D eigenvalue weighted by Gasteiger charge is 2.51. The van der Waals surface area contributed by atoms with Gasteiger partial charge in [0.05, 0.1) is 5.56 Å². The number of thiophene rings is 1. The Labute approximate surface area is 143 Å². The average Bonchev–Trinajstić information content (AvgIpc) is 2.88. The molecule has 1 aromatic rings. The van der Waals surface area contributed by atoms with Gasteiger partial charge in [-0.25, -0.2) is 0 Å². The molecule has 0 spiro atoms. The molecule has 0 radical (unpaired) electrons. The molecule has 124 valence electrons. The second kappa shape index (κ2) is 5.08. The Bertz CT molecular complexity index is 611. The van der Waals surface area contributed by atoms with Crippen molar-refractivity contribution in [2.45, 2.75) is 70.3 Å². The van der Waals surface area contributed by atoms with E-state index in [9.17, 15) is 4.79 Å². The molecule has 2 nitrogen and oxygen atoms in total. The molecular weight excluding hydrogens is 302 g/mol. The standard InChI is InChI=1S/C20H27NOS/c1-12-2-3-16-17(11-23-18(16)4-12)19(22)21-20-8-13-5-14(9-20)7-15(6-13)10-20/h11-15H,2-10H2,1H3,(H,21,22)/t12-,13?,14?,15?,20?/m1/s1. The van der Waals surface area contributed by atoms with Crippen LogP contribution >= 0.6 is 11.3 Å². The van der Waals surface area contributed by atoms with Crippen LogP contribution in [0.25, 0.3) is 0 Å². The van der Waals surface area contributed by atoms with Gasteiger partial charge in [-0.15, -0.1) is 11.3 Å². The third-order valence-electron chi connectivity index (χ3n) is 7.06. The maximum Gasteiger partial charge on any atom is 0.252 e. The Kier molecular flexibility index (Phi) is 3.21. The van der Waals surface area contributed by atoms with Gasteiger partial charge in [0.25, 0.3) is 5.91 Å². The quantitative estimate of drug-likeness (QED) is 0.846. The summed E-state index contributed by atoms with van der Waals surface area (Å²) in [7, 11) is 0. The number of carbonyl (C=O) groups is 1. The highest BCUT2D eigenvalue weighted by Crippen LogP contribution is 2.55. The van der Waals surface area contributed by atoms with Crippen LogP contribution in [0, 0.1) is 23.7 Å². The van der Waals surface area contributed by atoms with E-state index in [1.165, 1.54) is 61.8 Å². The fourth-order valence-corrected chi connectivity index (χ4v) is 7.68. The van der Waals surface area contributed by atoms with Crippen LogP contribution in [0.15, 0.2) is 5.38 Å². The smallest absolute Gasteiger partial charge is 0.252 e. The van der Waals surface area contributed by atoms with E-state index in [-0.39, 0.29) is 11.4 Å². The summed E-state index contributed by atoms with van der Waals surface area (Å²) in [5.41, 5.74) is 2.52. The summed E-state index contributed by atoms with van der Waals surface area (Å²) in [5.74, 6) is 3.68. The number of rotatable bonds is 2. The number of amides is 1. The van der Waals surface area contributed by atoms with Gasteiger partial charge in [0.1, 0.15) is 0 Å². The highest BCUT2D eigenvalue weighted by atomic mass is 32.1. The molecule has 0 saturated heterocycles. The number of fused-ring (bicyclic) bond motifs is 1. The number of hydrogen-bond donors (Lipinski definition) is 1. The normalized spacial score (nSPS) is 40.9.